The molecule has 1 aromatic rings. The van der Waals surface area contributed by atoms with Crippen LogP contribution in [-0.4, -0.2) is 42.8 Å². The highest BCUT2D eigenvalue weighted by Crippen LogP contribution is 2.35. The fraction of sp³-hybridized carbons (Fsp3) is 0.571. The zero-order valence-corrected chi connectivity index (χ0v) is 14.4. The monoisotopic (exact) mass is 361 g/mol. The summed E-state index contributed by atoms with van der Waals surface area (Å²) in [6, 6.07) is 3.96. The molecule has 2 unspecified atom stereocenters. The number of benzene rings is 1. The molecule has 0 amide bonds. The second-order valence-electron chi connectivity index (χ2n) is 5.92. The first-order valence-electron chi connectivity index (χ1n) is 7.40. The molecule has 2 fully saturated rings. The maximum Gasteiger partial charge on any atom is 0.270 e. The van der Waals surface area contributed by atoms with Gasteiger partial charge < -0.3 is 5.32 Å². The number of non-ortho nitro benzene ring substituents is 1. The summed E-state index contributed by atoms with van der Waals surface area (Å²) >= 11 is 0. The minimum Gasteiger partial charge on any atom is -0.315 e. The van der Waals surface area contributed by atoms with E-state index in [1.54, 1.807) is 11.2 Å². The average Bonchev–Trinajstić information content (AvgIpc) is 2.72. The zero-order valence-electron chi connectivity index (χ0n) is 12.8. The maximum absolute atomic E-state index is 13.1. The van der Waals surface area contributed by atoms with Crippen molar-refractivity contribution in [3.63, 3.8) is 0 Å². The molecule has 0 radical (unpaired) electrons. The van der Waals surface area contributed by atoms with E-state index in [0.29, 0.717) is 12.1 Å². The molecule has 2 heterocycles. The topological polar surface area (TPSA) is 92.5 Å². The minimum atomic E-state index is -3.72. The summed E-state index contributed by atoms with van der Waals surface area (Å²) in [5.41, 5.74) is 0.353. The zero-order chi connectivity index (χ0) is 15.9. The van der Waals surface area contributed by atoms with E-state index < -0.39 is 14.9 Å². The number of fused-ring (bicyclic) bond motifs is 2. The molecule has 23 heavy (non-hydrogen) atoms. The molecule has 2 saturated heterocycles. The second-order valence-corrected chi connectivity index (χ2v) is 7.73. The van der Waals surface area contributed by atoms with Gasteiger partial charge in [-0.3, -0.25) is 10.1 Å². The third kappa shape index (κ3) is 3.21. The van der Waals surface area contributed by atoms with Gasteiger partial charge in [-0.1, -0.05) is 6.07 Å². The highest BCUT2D eigenvalue weighted by atomic mass is 35.5. The highest BCUT2D eigenvalue weighted by molar-refractivity contribution is 7.89. The Kier molecular flexibility index (Phi) is 5.30. The SMILES string of the molecule is Cc1ccc([N+](=O)[O-])cc1S(=O)(=O)N1C2CCNCC1CC2.Cl. The van der Waals surface area contributed by atoms with Crippen molar-refractivity contribution in [2.24, 2.45) is 0 Å². The van der Waals surface area contributed by atoms with Gasteiger partial charge in [0.15, 0.2) is 0 Å². The van der Waals surface area contributed by atoms with Crippen LogP contribution in [0.15, 0.2) is 23.1 Å². The van der Waals surface area contributed by atoms with E-state index in [-0.39, 0.29) is 35.1 Å². The van der Waals surface area contributed by atoms with Crippen molar-refractivity contribution in [1.29, 1.82) is 0 Å². The maximum atomic E-state index is 13.1. The molecule has 0 spiro atoms. The molecular formula is C14H20ClN3O4S. The van der Waals surface area contributed by atoms with Crippen LogP contribution in [-0.2, 0) is 10.0 Å². The Morgan fingerprint density at radius 3 is 2.65 bits per heavy atom. The standard InChI is InChI=1S/C14H19N3O4S.ClH/c1-10-2-3-12(17(18)19)8-14(10)22(20,21)16-11-4-5-13(16)9-15-7-6-11;/h2-3,8,11,13,15H,4-7,9H2,1H3;1H. The van der Waals surface area contributed by atoms with Crippen molar-refractivity contribution in [3.05, 3.63) is 33.9 Å². The van der Waals surface area contributed by atoms with Crippen LogP contribution in [0.4, 0.5) is 5.69 Å². The van der Waals surface area contributed by atoms with Gasteiger partial charge in [-0.05, 0) is 38.3 Å². The smallest absolute Gasteiger partial charge is 0.270 e. The number of nitrogens with one attached hydrogen (secondary N) is 1. The normalized spacial score (nSPS) is 24.7. The predicted molar refractivity (Wildman–Crippen MR) is 88.4 cm³/mol. The molecule has 1 aromatic carbocycles. The minimum absolute atomic E-state index is 0. The van der Waals surface area contributed by atoms with Crippen molar-refractivity contribution >= 4 is 28.1 Å². The Balaban J connectivity index is 0.00000192. The average molecular weight is 362 g/mol. The Hall–Kier alpha value is -1.22. The van der Waals surface area contributed by atoms with Gasteiger partial charge in [-0.2, -0.15) is 4.31 Å². The number of hydrogen-bond donors (Lipinski definition) is 1. The molecule has 1 N–H and O–H groups in total. The van der Waals surface area contributed by atoms with Crippen LogP contribution >= 0.6 is 12.4 Å². The molecule has 2 bridgehead atoms. The number of sulfonamides is 1. The summed E-state index contributed by atoms with van der Waals surface area (Å²) in [5, 5.41) is 14.2. The van der Waals surface area contributed by atoms with E-state index in [9.17, 15) is 18.5 Å². The molecular weight excluding hydrogens is 342 g/mol. The fourth-order valence-corrected chi connectivity index (χ4v) is 5.57. The van der Waals surface area contributed by atoms with Crippen LogP contribution in [0.2, 0.25) is 0 Å². The van der Waals surface area contributed by atoms with Crippen LogP contribution in [0.3, 0.4) is 0 Å². The molecule has 0 saturated carbocycles. The van der Waals surface area contributed by atoms with Gasteiger partial charge in [0, 0.05) is 30.8 Å². The molecule has 9 heteroatoms. The second kappa shape index (κ2) is 6.72. The number of nitrogens with zero attached hydrogens (tertiary/aromatic N) is 2. The summed E-state index contributed by atoms with van der Waals surface area (Å²) in [7, 11) is -3.72. The van der Waals surface area contributed by atoms with Crippen LogP contribution in [0.1, 0.15) is 24.8 Å². The number of rotatable bonds is 3. The molecule has 2 aliphatic rings. The summed E-state index contributed by atoms with van der Waals surface area (Å²) in [6.07, 6.45) is 2.48. The molecule has 2 atom stereocenters. The van der Waals surface area contributed by atoms with Gasteiger partial charge in [0.25, 0.3) is 5.69 Å². The van der Waals surface area contributed by atoms with E-state index in [2.05, 4.69) is 5.32 Å². The summed E-state index contributed by atoms with van der Waals surface area (Å²) in [4.78, 5) is 10.4. The van der Waals surface area contributed by atoms with Crippen molar-refractivity contribution < 1.29 is 13.3 Å². The lowest BCUT2D eigenvalue weighted by atomic mass is 10.1. The number of nitro groups is 1. The highest BCUT2D eigenvalue weighted by Gasteiger charge is 2.43. The third-order valence-corrected chi connectivity index (χ3v) is 6.67. The quantitative estimate of drug-likeness (QED) is 0.655. The molecule has 128 valence electrons. The van der Waals surface area contributed by atoms with E-state index in [1.807, 2.05) is 0 Å². The molecule has 0 aromatic heterocycles. The lowest BCUT2D eigenvalue weighted by Crippen LogP contribution is -2.42. The van der Waals surface area contributed by atoms with Crippen LogP contribution in [0.25, 0.3) is 0 Å². The van der Waals surface area contributed by atoms with Gasteiger partial charge in [0.05, 0.1) is 9.82 Å². The molecule has 0 aliphatic carbocycles. The van der Waals surface area contributed by atoms with Crippen molar-refractivity contribution in [1.82, 2.24) is 9.62 Å². The van der Waals surface area contributed by atoms with Crippen LogP contribution < -0.4 is 5.32 Å². The van der Waals surface area contributed by atoms with Crippen molar-refractivity contribution in [2.75, 3.05) is 13.1 Å². The lowest BCUT2D eigenvalue weighted by Gasteiger charge is -2.27. The van der Waals surface area contributed by atoms with Crippen LogP contribution in [0, 0.1) is 17.0 Å². The van der Waals surface area contributed by atoms with E-state index in [4.69, 9.17) is 0 Å². The molecule has 3 rings (SSSR count). The number of aryl methyl sites for hydroxylation is 1. The van der Waals surface area contributed by atoms with Gasteiger partial charge in [-0.15, -0.1) is 12.4 Å². The summed E-state index contributed by atoms with van der Waals surface area (Å²) in [6.45, 7) is 3.12. The van der Waals surface area contributed by atoms with E-state index >= 15 is 0 Å². The fourth-order valence-electron chi connectivity index (χ4n) is 3.42. The van der Waals surface area contributed by atoms with E-state index in [0.717, 1.165) is 25.8 Å². The van der Waals surface area contributed by atoms with Gasteiger partial charge >= 0.3 is 0 Å². The Bertz CT molecular complexity index is 696. The first kappa shape index (κ1) is 18.1. The third-order valence-electron chi connectivity index (χ3n) is 4.53. The van der Waals surface area contributed by atoms with Gasteiger partial charge in [0.1, 0.15) is 0 Å². The predicted octanol–water partition coefficient (Wildman–Crippen LogP) is 1.84. The first-order chi connectivity index (χ1) is 10.4. The molecule has 2 aliphatic heterocycles. The van der Waals surface area contributed by atoms with Gasteiger partial charge in [0.2, 0.25) is 10.0 Å². The summed E-state index contributed by atoms with van der Waals surface area (Å²) in [5.74, 6) is 0. The first-order valence-corrected chi connectivity index (χ1v) is 8.84. The van der Waals surface area contributed by atoms with Crippen LogP contribution in [0.5, 0.6) is 0 Å². The Labute approximate surface area is 141 Å². The number of halogens is 1. The Morgan fingerprint density at radius 2 is 1.96 bits per heavy atom. The van der Waals surface area contributed by atoms with Crippen molar-refractivity contribution in [2.45, 2.75) is 43.2 Å². The summed E-state index contributed by atoms with van der Waals surface area (Å²) < 4.78 is 27.7. The Morgan fingerprint density at radius 1 is 1.26 bits per heavy atom. The number of hydrogen-bond acceptors (Lipinski definition) is 5. The largest absolute Gasteiger partial charge is 0.315 e. The lowest BCUT2D eigenvalue weighted by molar-refractivity contribution is -0.385. The van der Waals surface area contributed by atoms with Gasteiger partial charge in [-0.25, -0.2) is 8.42 Å². The molecule has 7 nitrogen and oxygen atoms in total. The van der Waals surface area contributed by atoms with E-state index in [1.165, 1.54) is 18.2 Å². The van der Waals surface area contributed by atoms with Crippen molar-refractivity contribution in [3.8, 4) is 0 Å². The number of nitro benzene ring substituents is 1.